The highest BCUT2D eigenvalue weighted by molar-refractivity contribution is 6.04. The van der Waals surface area contributed by atoms with Crippen molar-refractivity contribution in [1.82, 2.24) is 4.98 Å². The van der Waals surface area contributed by atoms with Crippen LogP contribution in [0.1, 0.15) is 10.4 Å². The van der Waals surface area contributed by atoms with Crippen molar-refractivity contribution in [2.45, 2.75) is 0 Å². The minimum atomic E-state index is -0.541. The summed E-state index contributed by atoms with van der Waals surface area (Å²) in [7, 11) is 0. The molecular formula is C12H10FN3O. The summed E-state index contributed by atoms with van der Waals surface area (Å²) in [5.41, 5.74) is 6.11. The number of rotatable bonds is 2. The van der Waals surface area contributed by atoms with E-state index >= 15 is 0 Å². The van der Waals surface area contributed by atoms with Crippen molar-refractivity contribution in [1.29, 1.82) is 0 Å². The number of benzene rings is 1. The maximum Gasteiger partial charge on any atom is 0.256 e. The zero-order chi connectivity index (χ0) is 12.3. The van der Waals surface area contributed by atoms with Crippen molar-refractivity contribution in [3.05, 3.63) is 54.0 Å². The summed E-state index contributed by atoms with van der Waals surface area (Å²) in [5.74, 6) is -0.725. The van der Waals surface area contributed by atoms with Gasteiger partial charge >= 0.3 is 0 Å². The van der Waals surface area contributed by atoms with Crippen molar-refractivity contribution < 1.29 is 9.18 Å². The largest absolute Gasteiger partial charge is 0.396 e. The lowest BCUT2D eigenvalue weighted by Crippen LogP contribution is -2.14. The Labute approximate surface area is 97.3 Å². The zero-order valence-electron chi connectivity index (χ0n) is 8.85. The van der Waals surface area contributed by atoms with E-state index in [1.165, 1.54) is 0 Å². The fourth-order valence-electron chi connectivity index (χ4n) is 1.33. The number of pyridine rings is 1. The van der Waals surface area contributed by atoms with Crippen LogP contribution < -0.4 is 11.1 Å². The molecule has 0 radical (unpaired) electrons. The minimum Gasteiger partial charge on any atom is -0.396 e. The Hall–Kier alpha value is -2.43. The van der Waals surface area contributed by atoms with Crippen molar-refractivity contribution in [2.24, 2.45) is 0 Å². The molecule has 0 atom stereocenters. The van der Waals surface area contributed by atoms with E-state index < -0.39 is 5.82 Å². The second kappa shape index (κ2) is 4.61. The third kappa shape index (κ3) is 2.57. The zero-order valence-corrected chi connectivity index (χ0v) is 8.85. The normalized spacial score (nSPS) is 9.94. The molecule has 0 aliphatic carbocycles. The first-order valence-electron chi connectivity index (χ1n) is 4.94. The second-order valence-corrected chi connectivity index (χ2v) is 3.41. The minimum absolute atomic E-state index is 0.0919. The summed E-state index contributed by atoms with van der Waals surface area (Å²) >= 11 is 0. The number of carbonyl (C=O) groups is 1. The molecule has 5 heteroatoms. The lowest BCUT2D eigenvalue weighted by atomic mass is 10.2. The van der Waals surface area contributed by atoms with Gasteiger partial charge < -0.3 is 11.1 Å². The molecule has 2 rings (SSSR count). The number of carbonyl (C=O) groups excluding carboxylic acids is 1. The lowest BCUT2D eigenvalue weighted by Gasteiger charge is -2.06. The third-order valence-corrected chi connectivity index (χ3v) is 2.15. The number of hydrogen-bond acceptors (Lipinski definition) is 3. The second-order valence-electron chi connectivity index (χ2n) is 3.41. The Bertz CT molecular complexity index is 543. The molecule has 0 fully saturated rings. The molecular weight excluding hydrogens is 221 g/mol. The maximum atomic E-state index is 12.8. The van der Waals surface area contributed by atoms with Crippen molar-refractivity contribution >= 4 is 17.4 Å². The van der Waals surface area contributed by atoms with Gasteiger partial charge in [-0.15, -0.1) is 0 Å². The standard InChI is InChI=1S/C12H10FN3O/c13-9-6-10(14)11(15-7-9)16-12(17)8-4-2-1-3-5-8/h1-7H,14H2,(H,15,16,17). The molecule has 0 saturated heterocycles. The SMILES string of the molecule is Nc1cc(F)cnc1NC(=O)c1ccccc1. The Balaban J connectivity index is 2.19. The van der Waals surface area contributed by atoms with E-state index in [4.69, 9.17) is 5.73 Å². The summed E-state index contributed by atoms with van der Waals surface area (Å²) in [5, 5.41) is 2.51. The highest BCUT2D eigenvalue weighted by Crippen LogP contribution is 2.16. The Kier molecular flexibility index (Phi) is 3.00. The highest BCUT2D eigenvalue weighted by atomic mass is 19.1. The van der Waals surface area contributed by atoms with Gasteiger partial charge in [-0.2, -0.15) is 0 Å². The molecule has 1 aromatic heterocycles. The van der Waals surface area contributed by atoms with Crippen LogP contribution in [0.15, 0.2) is 42.6 Å². The molecule has 86 valence electrons. The van der Waals surface area contributed by atoms with Crippen LogP contribution in [0.3, 0.4) is 0 Å². The van der Waals surface area contributed by atoms with Gasteiger partial charge in [0.1, 0.15) is 5.82 Å². The number of halogens is 1. The van der Waals surface area contributed by atoms with Crippen molar-refractivity contribution in [2.75, 3.05) is 11.1 Å². The lowest BCUT2D eigenvalue weighted by molar-refractivity contribution is 0.102. The first-order chi connectivity index (χ1) is 8.16. The van der Waals surface area contributed by atoms with E-state index in [1.807, 2.05) is 0 Å². The number of nitrogens with two attached hydrogens (primary N) is 1. The van der Waals surface area contributed by atoms with Crippen LogP contribution >= 0.6 is 0 Å². The molecule has 2 aromatic rings. The average molecular weight is 231 g/mol. The topological polar surface area (TPSA) is 68.0 Å². The Morgan fingerprint density at radius 1 is 1.29 bits per heavy atom. The highest BCUT2D eigenvalue weighted by Gasteiger charge is 2.08. The molecule has 1 heterocycles. The van der Waals surface area contributed by atoms with Crippen LogP contribution in [0.25, 0.3) is 0 Å². The molecule has 0 spiro atoms. The quantitative estimate of drug-likeness (QED) is 0.831. The predicted molar refractivity (Wildman–Crippen MR) is 63.0 cm³/mol. The maximum absolute atomic E-state index is 12.8. The van der Waals surface area contributed by atoms with E-state index in [-0.39, 0.29) is 17.4 Å². The average Bonchev–Trinajstić information content (AvgIpc) is 2.34. The van der Waals surface area contributed by atoms with Gasteiger partial charge in [0.05, 0.1) is 11.9 Å². The van der Waals surface area contributed by atoms with Gasteiger partial charge in [-0.05, 0) is 12.1 Å². The number of amides is 1. The smallest absolute Gasteiger partial charge is 0.256 e. The van der Waals surface area contributed by atoms with E-state index in [0.717, 1.165) is 12.3 Å². The number of nitrogen functional groups attached to an aromatic ring is 1. The van der Waals surface area contributed by atoms with Crippen molar-refractivity contribution in [3.63, 3.8) is 0 Å². The molecule has 4 nitrogen and oxygen atoms in total. The summed E-state index contributed by atoms with van der Waals surface area (Å²) in [6, 6.07) is 9.73. The third-order valence-electron chi connectivity index (χ3n) is 2.15. The van der Waals surface area contributed by atoms with Crippen LogP contribution in [0.4, 0.5) is 15.9 Å². The van der Waals surface area contributed by atoms with Crippen LogP contribution in [-0.4, -0.2) is 10.9 Å². The molecule has 1 aromatic carbocycles. The predicted octanol–water partition coefficient (Wildman–Crippen LogP) is 2.06. The molecule has 1 amide bonds. The van der Waals surface area contributed by atoms with Gasteiger partial charge in [-0.25, -0.2) is 9.37 Å². The molecule has 0 saturated carbocycles. The first kappa shape index (κ1) is 11.1. The molecule has 3 N–H and O–H groups in total. The molecule has 0 bridgehead atoms. The van der Waals surface area contributed by atoms with Crippen LogP contribution in [0.5, 0.6) is 0 Å². The first-order valence-corrected chi connectivity index (χ1v) is 4.94. The Morgan fingerprint density at radius 3 is 2.65 bits per heavy atom. The van der Waals surface area contributed by atoms with Crippen molar-refractivity contribution in [3.8, 4) is 0 Å². The monoisotopic (exact) mass is 231 g/mol. The van der Waals surface area contributed by atoms with Gasteiger partial charge in [0.25, 0.3) is 5.91 Å². The fourth-order valence-corrected chi connectivity index (χ4v) is 1.33. The number of hydrogen-bond donors (Lipinski definition) is 2. The summed E-state index contributed by atoms with van der Waals surface area (Å²) in [6.07, 6.45) is 0.997. The number of anilines is 2. The van der Waals surface area contributed by atoms with E-state index in [1.54, 1.807) is 30.3 Å². The van der Waals surface area contributed by atoms with Gasteiger partial charge in [-0.3, -0.25) is 4.79 Å². The summed E-state index contributed by atoms with van der Waals surface area (Å²) in [4.78, 5) is 15.5. The van der Waals surface area contributed by atoms with E-state index in [0.29, 0.717) is 5.56 Å². The van der Waals surface area contributed by atoms with E-state index in [2.05, 4.69) is 10.3 Å². The number of nitrogens with zero attached hydrogens (tertiary/aromatic N) is 1. The Morgan fingerprint density at radius 2 is 2.00 bits per heavy atom. The number of aromatic nitrogens is 1. The molecule has 0 unspecified atom stereocenters. The molecule has 17 heavy (non-hydrogen) atoms. The van der Waals surface area contributed by atoms with Gasteiger partial charge in [0.2, 0.25) is 0 Å². The van der Waals surface area contributed by atoms with E-state index in [9.17, 15) is 9.18 Å². The fraction of sp³-hybridized carbons (Fsp3) is 0. The van der Waals surface area contributed by atoms with Gasteiger partial charge in [0, 0.05) is 11.6 Å². The van der Waals surface area contributed by atoms with Crippen LogP contribution in [-0.2, 0) is 0 Å². The molecule has 0 aliphatic heterocycles. The van der Waals surface area contributed by atoms with Crippen LogP contribution in [0, 0.1) is 5.82 Å². The summed E-state index contributed by atoms with van der Waals surface area (Å²) in [6.45, 7) is 0. The number of nitrogens with one attached hydrogen (secondary N) is 1. The summed E-state index contributed by atoms with van der Waals surface area (Å²) < 4.78 is 12.8. The van der Waals surface area contributed by atoms with Gasteiger partial charge in [-0.1, -0.05) is 18.2 Å². The molecule has 0 aliphatic rings. The van der Waals surface area contributed by atoms with Gasteiger partial charge in [0.15, 0.2) is 5.82 Å². The van der Waals surface area contributed by atoms with Crippen LogP contribution in [0.2, 0.25) is 0 Å².